The fourth-order valence-corrected chi connectivity index (χ4v) is 2.48. The highest BCUT2D eigenvalue weighted by Crippen LogP contribution is 2.13. The molecule has 2 amide bonds. The molecule has 0 fully saturated rings. The number of imidazole rings is 1. The number of rotatable bonds is 7. The third kappa shape index (κ3) is 3.86. The van der Waals surface area contributed by atoms with E-state index in [-0.39, 0.29) is 23.3 Å². The number of fused-ring (bicyclic) bond motifs is 1. The Kier molecular flexibility index (Phi) is 5.55. The standard InChI is InChI=1S/C18H19N5O3/c1-26-11-9-20-17(24)15-14-4-2-3-10-23(14)16(22-15)18(25)21-12-13-5-7-19-8-6-13/h2-8,10H,9,11-12H2,1H3,(H,20,24)(H,21,25). The lowest BCUT2D eigenvalue weighted by molar-refractivity contribution is 0.0934. The Morgan fingerprint density at radius 3 is 2.69 bits per heavy atom. The van der Waals surface area contributed by atoms with E-state index < -0.39 is 0 Å². The number of carbonyl (C=O) groups excluding carboxylic acids is 2. The van der Waals surface area contributed by atoms with E-state index in [2.05, 4.69) is 20.6 Å². The minimum absolute atomic E-state index is 0.159. The van der Waals surface area contributed by atoms with Gasteiger partial charge >= 0.3 is 0 Å². The van der Waals surface area contributed by atoms with Crippen molar-refractivity contribution in [2.75, 3.05) is 20.3 Å². The van der Waals surface area contributed by atoms with Gasteiger partial charge in [-0.3, -0.25) is 19.0 Å². The summed E-state index contributed by atoms with van der Waals surface area (Å²) in [4.78, 5) is 33.1. The molecule has 0 bridgehead atoms. The molecule has 0 saturated heterocycles. The lowest BCUT2D eigenvalue weighted by atomic mass is 10.3. The van der Waals surface area contributed by atoms with Gasteiger partial charge in [-0.05, 0) is 29.8 Å². The van der Waals surface area contributed by atoms with Gasteiger partial charge in [0.1, 0.15) is 0 Å². The van der Waals surface area contributed by atoms with E-state index in [4.69, 9.17) is 4.74 Å². The molecule has 3 aromatic heterocycles. The van der Waals surface area contributed by atoms with E-state index in [1.807, 2.05) is 12.1 Å². The average molecular weight is 353 g/mol. The van der Waals surface area contributed by atoms with E-state index in [0.29, 0.717) is 25.2 Å². The molecule has 0 atom stereocenters. The highest BCUT2D eigenvalue weighted by atomic mass is 16.5. The Morgan fingerprint density at radius 2 is 1.92 bits per heavy atom. The van der Waals surface area contributed by atoms with Crippen LogP contribution in [0.2, 0.25) is 0 Å². The maximum absolute atomic E-state index is 12.6. The van der Waals surface area contributed by atoms with Gasteiger partial charge in [0.25, 0.3) is 11.8 Å². The van der Waals surface area contributed by atoms with Crippen molar-refractivity contribution in [2.24, 2.45) is 0 Å². The number of hydrogen-bond acceptors (Lipinski definition) is 5. The highest BCUT2D eigenvalue weighted by molar-refractivity contribution is 6.02. The summed E-state index contributed by atoms with van der Waals surface area (Å²) in [6.07, 6.45) is 5.03. The van der Waals surface area contributed by atoms with Crippen molar-refractivity contribution in [3.8, 4) is 0 Å². The predicted octanol–water partition coefficient (Wildman–Crippen LogP) is 1.04. The van der Waals surface area contributed by atoms with Crippen LogP contribution in [0.3, 0.4) is 0 Å². The smallest absolute Gasteiger partial charge is 0.287 e. The maximum Gasteiger partial charge on any atom is 0.287 e. The number of aromatic nitrogens is 3. The number of ether oxygens (including phenoxy) is 1. The minimum Gasteiger partial charge on any atom is -0.383 e. The molecule has 134 valence electrons. The lowest BCUT2D eigenvalue weighted by Crippen LogP contribution is -2.28. The first-order valence-electron chi connectivity index (χ1n) is 8.12. The van der Waals surface area contributed by atoms with Crippen LogP contribution in [0.5, 0.6) is 0 Å². The van der Waals surface area contributed by atoms with E-state index in [1.165, 1.54) is 0 Å². The first kappa shape index (κ1) is 17.6. The van der Waals surface area contributed by atoms with Crippen molar-refractivity contribution in [3.63, 3.8) is 0 Å². The quantitative estimate of drug-likeness (QED) is 0.619. The van der Waals surface area contributed by atoms with Crippen molar-refractivity contribution < 1.29 is 14.3 Å². The van der Waals surface area contributed by atoms with Crippen molar-refractivity contribution in [1.29, 1.82) is 0 Å². The van der Waals surface area contributed by atoms with Crippen LogP contribution in [0, 0.1) is 0 Å². The molecule has 8 heteroatoms. The van der Waals surface area contributed by atoms with Crippen LogP contribution in [0.15, 0.2) is 48.9 Å². The molecule has 8 nitrogen and oxygen atoms in total. The number of nitrogens with one attached hydrogen (secondary N) is 2. The van der Waals surface area contributed by atoms with Crippen LogP contribution in [0.25, 0.3) is 5.52 Å². The van der Waals surface area contributed by atoms with Gasteiger partial charge in [-0.15, -0.1) is 0 Å². The second-order valence-electron chi connectivity index (χ2n) is 5.53. The highest BCUT2D eigenvalue weighted by Gasteiger charge is 2.21. The van der Waals surface area contributed by atoms with Gasteiger partial charge in [0.05, 0.1) is 12.1 Å². The predicted molar refractivity (Wildman–Crippen MR) is 94.8 cm³/mol. The number of carbonyl (C=O) groups is 2. The van der Waals surface area contributed by atoms with E-state index in [1.54, 1.807) is 48.3 Å². The molecule has 0 spiro atoms. The van der Waals surface area contributed by atoms with Gasteiger partial charge in [-0.1, -0.05) is 6.07 Å². The number of amides is 2. The summed E-state index contributed by atoms with van der Waals surface area (Å²) in [5.41, 5.74) is 1.69. The molecular formula is C18H19N5O3. The van der Waals surface area contributed by atoms with Crippen molar-refractivity contribution in [3.05, 3.63) is 66.0 Å². The summed E-state index contributed by atoms with van der Waals surface area (Å²) in [7, 11) is 1.56. The zero-order chi connectivity index (χ0) is 18.4. The van der Waals surface area contributed by atoms with Crippen LogP contribution in [-0.4, -0.2) is 46.4 Å². The van der Waals surface area contributed by atoms with Gasteiger partial charge in [0.2, 0.25) is 5.82 Å². The summed E-state index contributed by atoms with van der Waals surface area (Å²) in [6, 6.07) is 8.96. The molecule has 2 N–H and O–H groups in total. The minimum atomic E-state index is -0.362. The molecule has 3 rings (SSSR count). The van der Waals surface area contributed by atoms with Gasteiger partial charge in [0, 0.05) is 38.8 Å². The van der Waals surface area contributed by atoms with Crippen LogP contribution in [0.1, 0.15) is 26.7 Å². The normalized spacial score (nSPS) is 10.7. The van der Waals surface area contributed by atoms with Gasteiger partial charge < -0.3 is 15.4 Å². The Labute approximate surface area is 150 Å². The number of pyridine rings is 2. The first-order valence-corrected chi connectivity index (χ1v) is 8.12. The summed E-state index contributed by atoms with van der Waals surface area (Å²) < 4.78 is 6.53. The van der Waals surface area contributed by atoms with Crippen molar-refractivity contribution in [1.82, 2.24) is 25.0 Å². The van der Waals surface area contributed by atoms with Gasteiger partial charge in [0.15, 0.2) is 5.69 Å². The first-order chi connectivity index (χ1) is 12.7. The fourth-order valence-electron chi connectivity index (χ4n) is 2.48. The molecule has 0 unspecified atom stereocenters. The molecule has 0 saturated carbocycles. The molecule has 3 aromatic rings. The summed E-state index contributed by atoms with van der Waals surface area (Å²) >= 11 is 0. The monoisotopic (exact) mass is 353 g/mol. The topological polar surface area (TPSA) is 97.6 Å². The average Bonchev–Trinajstić information content (AvgIpc) is 3.07. The Morgan fingerprint density at radius 1 is 1.12 bits per heavy atom. The molecule has 0 radical (unpaired) electrons. The third-order valence-electron chi connectivity index (χ3n) is 3.76. The molecule has 26 heavy (non-hydrogen) atoms. The summed E-state index contributed by atoms with van der Waals surface area (Å²) in [5, 5.41) is 5.53. The van der Waals surface area contributed by atoms with Gasteiger partial charge in [-0.2, -0.15) is 0 Å². The van der Waals surface area contributed by atoms with Crippen LogP contribution >= 0.6 is 0 Å². The Balaban J connectivity index is 1.81. The maximum atomic E-state index is 12.6. The number of hydrogen-bond donors (Lipinski definition) is 2. The Hall–Kier alpha value is -3.26. The zero-order valence-corrected chi connectivity index (χ0v) is 14.3. The van der Waals surface area contributed by atoms with E-state index in [0.717, 1.165) is 5.56 Å². The molecule has 0 aromatic carbocycles. The van der Waals surface area contributed by atoms with Crippen LogP contribution in [0.4, 0.5) is 0 Å². The molecule has 3 heterocycles. The summed E-state index contributed by atoms with van der Waals surface area (Å²) in [6.45, 7) is 1.11. The van der Waals surface area contributed by atoms with E-state index >= 15 is 0 Å². The second kappa shape index (κ2) is 8.21. The SMILES string of the molecule is COCCNC(=O)c1nc(C(=O)NCc2ccncc2)n2ccccc12. The third-order valence-corrected chi connectivity index (χ3v) is 3.76. The summed E-state index contributed by atoms with van der Waals surface area (Å²) in [5.74, 6) is -0.551. The molecule has 0 aliphatic heterocycles. The number of nitrogens with zero attached hydrogens (tertiary/aromatic N) is 3. The van der Waals surface area contributed by atoms with E-state index in [9.17, 15) is 9.59 Å². The van der Waals surface area contributed by atoms with Crippen molar-refractivity contribution in [2.45, 2.75) is 6.54 Å². The lowest BCUT2D eigenvalue weighted by Gasteiger charge is -2.04. The van der Waals surface area contributed by atoms with Crippen LogP contribution < -0.4 is 10.6 Å². The zero-order valence-electron chi connectivity index (χ0n) is 14.3. The molecule has 0 aliphatic carbocycles. The van der Waals surface area contributed by atoms with Crippen molar-refractivity contribution >= 4 is 17.3 Å². The number of methoxy groups -OCH3 is 1. The Bertz CT molecular complexity index is 908. The fraction of sp³-hybridized carbons (Fsp3) is 0.222. The van der Waals surface area contributed by atoms with Gasteiger partial charge in [-0.25, -0.2) is 4.98 Å². The largest absolute Gasteiger partial charge is 0.383 e. The van der Waals surface area contributed by atoms with Crippen LogP contribution in [-0.2, 0) is 11.3 Å². The second-order valence-corrected chi connectivity index (χ2v) is 5.53. The molecule has 0 aliphatic rings. The molecular weight excluding hydrogens is 334 g/mol.